The van der Waals surface area contributed by atoms with Gasteiger partial charge in [0.05, 0.1) is 15.9 Å². The van der Waals surface area contributed by atoms with Crippen LogP contribution >= 0.6 is 15.9 Å². The van der Waals surface area contributed by atoms with Gasteiger partial charge in [0.15, 0.2) is 0 Å². The van der Waals surface area contributed by atoms with E-state index in [4.69, 9.17) is 0 Å². The number of hydrogen-bond acceptors (Lipinski definition) is 2. The second kappa shape index (κ2) is 7.95. The Hall–Kier alpha value is -0.350. The van der Waals surface area contributed by atoms with Gasteiger partial charge in [-0.25, -0.2) is 0 Å². The van der Waals surface area contributed by atoms with Crippen molar-refractivity contribution in [2.45, 2.75) is 66.0 Å². The molecule has 18 heavy (non-hydrogen) atoms. The molecule has 1 aromatic heterocycles. The lowest BCUT2D eigenvalue weighted by Crippen LogP contribution is -2.31. The Kier molecular flexibility index (Phi) is 6.94. The summed E-state index contributed by atoms with van der Waals surface area (Å²) in [6, 6.07) is 0.558. The van der Waals surface area contributed by atoms with Gasteiger partial charge in [0.25, 0.3) is 0 Å². The fraction of sp³-hybridized carbons (Fsp3) is 0.786. The summed E-state index contributed by atoms with van der Waals surface area (Å²) in [6.45, 7) is 10.7. The highest BCUT2D eigenvalue weighted by molar-refractivity contribution is 9.10. The molecule has 0 bridgehead atoms. The molecule has 1 unspecified atom stereocenters. The van der Waals surface area contributed by atoms with Gasteiger partial charge in [-0.2, -0.15) is 5.10 Å². The summed E-state index contributed by atoms with van der Waals surface area (Å²) in [6.07, 6.45) is 4.48. The smallest absolute Gasteiger partial charge is 0.0766 e. The molecule has 0 fully saturated rings. The number of halogens is 1. The maximum Gasteiger partial charge on any atom is 0.0766 e. The minimum absolute atomic E-state index is 0.558. The molecule has 0 aliphatic carbocycles. The Morgan fingerprint density at radius 3 is 2.50 bits per heavy atom. The summed E-state index contributed by atoms with van der Waals surface area (Å²) in [5, 5.41) is 8.24. The molecule has 0 radical (unpaired) electrons. The summed E-state index contributed by atoms with van der Waals surface area (Å²) in [5.41, 5.74) is 2.52. The van der Waals surface area contributed by atoms with Crippen LogP contribution in [0.1, 0.15) is 51.9 Å². The summed E-state index contributed by atoms with van der Waals surface area (Å²) in [4.78, 5) is 0. The van der Waals surface area contributed by atoms with Gasteiger partial charge in [0, 0.05) is 19.0 Å². The molecular weight excluding hydrogens is 290 g/mol. The molecule has 1 aromatic rings. The monoisotopic (exact) mass is 315 g/mol. The second-order valence-corrected chi connectivity index (χ2v) is 5.42. The van der Waals surface area contributed by atoms with Gasteiger partial charge < -0.3 is 5.32 Å². The zero-order chi connectivity index (χ0) is 13.5. The van der Waals surface area contributed by atoms with Gasteiger partial charge in [0.1, 0.15) is 0 Å². The number of aromatic nitrogens is 2. The predicted octanol–water partition coefficient (Wildman–Crippen LogP) is 3.55. The molecule has 3 nitrogen and oxygen atoms in total. The van der Waals surface area contributed by atoms with Crippen LogP contribution in [-0.4, -0.2) is 22.4 Å². The molecule has 0 amide bonds. The van der Waals surface area contributed by atoms with E-state index >= 15 is 0 Å². The van der Waals surface area contributed by atoms with Crippen molar-refractivity contribution in [3.63, 3.8) is 0 Å². The first-order chi connectivity index (χ1) is 8.67. The van der Waals surface area contributed by atoms with E-state index in [1.165, 1.54) is 28.7 Å². The molecule has 1 atom stereocenters. The van der Waals surface area contributed by atoms with Gasteiger partial charge in [-0.1, -0.05) is 27.2 Å². The molecular formula is C14H26BrN3. The lowest BCUT2D eigenvalue weighted by molar-refractivity contribution is 0.466. The highest BCUT2D eigenvalue weighted by Gasteiger charge is 2.17. The van der Waals surface area contributed by atoms with Gasteiger partial charge in [-0.15, -0.1) is 0 Å². The zero-order valence-corrected chi connectivity index (χ0v) is 13.7. The van der Waals surface area contributed by atoms with Crippen molar-refractivity contribution in [1.29, 1.82) is 0 Å². The minimum Gasteiger partial charge on any atom is -0.314 e. The van der Waals surface area contributed by atoms with E-state index in [1.807, 2.05) is 0 Å². The van der Waals surface area contributed by atoms with Crippen LogP contribution < -0.4 is 5.32 Å². The van der Waals surface area contributed by atoms with Crippen LogP contribution in [0.2, 0.25) is 0 Å². The molecule has 1 heterocycles. The summed E-state index contributed by atoms with van der Waals surface area (Å²) in [5.74, 6) is 0. The van der Waals surface area contributed by atoms with Crippen LogP contribution in [0, 0.1) is 0 Å². The van der Waals surface area contributed by atoms with Crippen molar-refractivity contribution in [2.24, 2.45) is 0 Å². The van der Waals surface area contributed by atoms with Crippen LogP contribution in [-0.2, 0) is 19.4 Å². The number of likely N-dealkylation sites (N-methyl/N-ethyl adjacent to an activating group) is 1. The molecule has 0 aromatic carbocycles. The van der Waals surface area contributed by atoms with Crippen molar-refractivity contribution in [1.82, 2.24) is 15.1 Å². The van der Waals surface area contributed by atoms with E-state index in [1.54, 1.807) is 0 Å². The average Bonchev–Trinajstić information content (AvgIpc) is 2.67. The van der Waals surface area contributed by atoms with Crippen molar-refractivity contribution in [2.75, 3.05) is 6.54 Å². The largest absolute Gasteiger partial charge is 0.314 e. The first-order valence-corrected chi connectivity index (χ1v) is 7.94. The highest BCUT2D eigenvalue weighted by Crippen LogP contribution is 2.24. The number of nitrogens with zero attached hydrogens (tertiary/aromatic N) is 2. The fourth-order valence-electron chi connectivity index (χ4n) is 2.36. The number of aryl methyl sites for hydroxylation is 2. The van der Waals surface area contributed by atoms with Gasteiger partial charge in [0.2, 0.25) is 0 Å². The maximum absolute atomic E-state index is 4.66. The molecule has 0 saturated heterocycles. The van der Waals surface area contributed by atoms with Gasteiger partial charge in [-0.05, 0) is 42.2 Å². The van der Waals surface area contributed by atoms with E-state index in [-0.39, 0.29) is 0 Å². The highest BCUT2D eigenvalue weighted by atomic mass is 79.9. The Labute approximate surface area is 119 Å². The summed E-state index contributed by atoms with van der Waals surface area (Å²) >= 11 is 3.72. The molecule has 1 rings (SSSR count). The molecule has 0 aliphatic heterocycles. The fourth-order valence-corrected chi connectivity index (χ4v) is 3.09. The lowest BCUT2D eigenvalue weighted by Gasteiger charge is -2.18. The predicted molar refractivity (Wildman–Crippen MR) is 81.1 cm³/mol. The van der Waals surface area contributed by atoms with Crippen molar-refractivity contribution < 1.29 is 0 Å². The van der Waals surface area contributed by atoms with E-state index in [0.29, 0.717) is 6.04 Å². The van der Waals surface area contributed by atoms with Crippen molar-refractivity contribution in [3.8, 4) is 0 Å². The standard InChI is InChI=1S/C14H26BrN3/c1-5-9-11(16-7-3)10-13-14(15)12(6-2)17-18(13)8-4/h11,16H,5-10H2,1-4H3. The molecule has 1 N–H and O–H groups in total. The van der Waals surface area contributed by atoms with E-state index in [9.17, 15) is 0 Å². The molecule has 4 heteroatoms. The molecule has 0 spiro atoms. The third-order valence-electron chi connectivity index (χ3n) is 3.26. The van der Waals surface area contributed by atoms with Crippen LogP contribution in [0.5, 0.6) is 0 Å². The Bertz CT molecular complexity index is 354. The number of rotatable bonds is 8. The van der Waals surface area contributed by atoms with Gasteiger partial charge >= 0.3 is 0 Å². The SMILES string of the molecule is CCCC(Cc1c(Br)c(CC)nn1CC)NCC. The second-order valence-electron chi connectivity index (χ2n) is 4.62. The number of hydrogen-bond donors (Lipinski definition) is 1. The quantitative estimate of drug-likeness (QED) is 0.795. The lowest BCUT2D eigenvalue weighted by atomic mass is 10.1. The van der Waals surface area contributed by atoms with Crippen LogP contribution in [0.3, 0.4) is 0 Å². The molecule has 104 valence electrons. The van der Waals surface area contributed by atoms with E-state index in [2.05, 4.69) is 58.7 Å². The number of nitrogens with one attached hydrogen (secondary N) is 1. The molecule has 0 saturated carbocycles. The van der Waals surface area contributed by atoms with E-state index in [0.717, 1.165) is 25.9 Å². The van der Waals surface area contributed by atoms with Crippen molar-refractivity contribution in [3.05, 3.63) is 15.9 Å². The van der Waals surface area contributed by atoms with Crippen LogP contribution in [0.4, 0.5) is 0 Å². The average molecular weight is 316 g/mol. The van der Waals surface area contributed by atoms with Crippen molar-refractivity contribution >= 4 is 15.9 Å². The normalized spacial score (nSPS) is 12.9. The van der Waals surface area contributed by atoms with Crippen LogP contribution in [0.25, 0.3) is 0 Å². The molecule has 0 aliphatic rings. The Morgan fingerprint density at radius 2 is 2.00 bits per heavy atom. The Morgan fingerprint density at radius 1 is 1.28 bits per heavy atom. The third kappa shape index (κ3) is 3.82. The summed E-state index contributed by atoms with van der Waals surface area (Å²) in [7, 11) is 0. The summed E-state index contributed by atoms with van der Waals surface area (Å²) < 4.78 is 3.36. The van der Waals surface area contributed by atoms with E-state index < -0.39 is 0 Å². The van der Waals surface area contributed by atoms with Crippen LogP contribution in [0.15, 0.2) is 4.47 Å². The first-order valence-electron chi connectivity index (χ1n) is 7.15. The maximum atomic E-state index is 4.66. The third-order valence-corrected chi connectivity index (χ3v) is 4.18. The topological polar surface area (TPSA) is 29.9 Å². The minimum atomic E-state index is 0.558. The Balaban J connectivity index is 2.89. The zero-order valence-electron chi connectivity index (χ0n) is 12.1. The first kappa shape index (κ1) is 15.7. The van der Waals surface area contributed by atoms with Gasteiger partial charge in [-0.3, -0.25) is 4.68 Å².